The molecule has 0 unspecified atom stereocenters. The maximum absolute atomic E-state index is 11.9. The Bertz CT molecular complexity index is 629. The number of rotatable bonds is 5. The van der Waals surface area contributed by atoms with Gasteiger partial charge in [-0.05, 0) is 53.2 Å². The van der Waals surface area contributed by atoms with E-state index in [0.29, 0.717) is 23.6 Å². The molecule has 110 valence electrons. The molecular formula is C15H15BrN2O3. The Morgan fingerprint density at radius 1 is 1.33 bits per heavy atom. The van der Waals surface area contributed by atoms with Crippen molar-refractivity contribution < 1.29 is 14.3 Å². The molecule has 0 bridgehead atoms. The number of aromatic nitrogens is 1. The van der Waals surface area contributed by atoms with Gasteiger partial charge in [0.05, 0.1) is 12.3 Å². The Balaban J connectivity index is 2.15. The molecule has 6 heteroatoms. The summed E-state index contributed by atoms with van der Waals surface area (Å²) in [5.41, 5.74) is 7.25. The highest BCUT2D eigenvalue weighted by molar-refractivity contribution is 9.10. The molecule has 5 nitrogen and oxygen atoms in total. The number of halogens is 1. The number of hydrogen-bond donors (Lipinski definition) is 1. The number of anilines is 1. The zero-order chi connectivity index (χ0) is 15.2. The number of esters is 1. The summed E-state index contributed by atoms with van der Waals surface area (Å²) in [7, 11) is 0. The minimum atomic E-state index is -0.455. The Morgan fingerprint density at radius 2 is 2.14 bits per heavy atom. The predicted octanol–water partition coefficient (Wildman–Crippen LogP) is 3.18. The van der Waals surface area contributed by atoms with Crippen LogP contribution in [0, 0.1) is 0 Å². The van der Waals surface area contributed by atoms with E-state index in [1.807, 2.05) is 12.1 Å². The Kier molecular flexibility index (Phi) is 5.16. The maximum atomic E-state index is 11.9. The molecule has 2 rings (SSSR count). The smallest absolute Gasteiger partial charge is 0.341 e. The highest BCUT2D eigenvalue weighted by Crippen LogP contribution is 2.23. The van der Waals surface area contributed by atoms with Crippen LogP contribution in [0.15, 0.2) is 41.0 Å². The highest BCUT2D eigenvalue weighted by atomic mass is 79.9. The Morgan fingerprint density at radius 3 is 2.81 bits per heavy atom. The fourth-order valence-electron chi connectivity index (χ4n) is 1.69. The van der Waals surface area contributed by atoms with E-state index in [2.05, 4.69) is 20.9 Å². The lowest BCUT2D eigenvalue weighted by Gasteiger charge is -2.11. The number of carbonyl (C=O) groups is 1. The van der Waals surface area contributed by atoms with Crippen LogP contribution in [-0.4, -0.2) is 17.6 Å². The molecule has 0 atom stereocenters. The van der Waals surface area contributed by atoms with Crippen LogP contribution < -0.4 is 10.5 Å². The van der Waals surface area contributed by atoms with Crippen LogP contribution in [0.3, 0.4) is 0 Å². The Labute approximate surface area is 131 Å². The largest absolute Gasteiger partial charge is 0.486 e. The van der Waals surface area contributed by atoms with E-state index < -0.39 is 5.97 Å². The van der Waals surface area contributed by atoms with Crippen molar-refractivity contribution in [3.63, 3.8) is 0 Å². The van der Waals surface area contributed by atoms with E-state index in [4.69, 9.17) is 15.2 Å². The maximum Gasteiger partial charge on any atom is 0.341 e. The van der Waals surface area contributed by atoms with Gasteiger partial charge in [-0.25, -0.2) is 4.79 Å². The normalized spacial score (nSPS) is 10.2. The van der Waals surface area contributed by atoms with Crippen molar-refractivity contribution in [3.05, 3.63) is 52.3 Å². The van der Waals surface area contributed by atoms with Crippen molar-refractivity contribution in [2.45, 2.75) is 13.5 Å². The molecule has 21 heavy (non-hydrogen) atoms. The van der Waals surface area contributed by atoms with E-state index in [1.54, 1.807) is 31.3 Å². The van der Waals surface area contributed by atoms with Crippen LogP contribution in [0.2, 0.25) is 0 Å². The summed E-state index contributed by atoms with van der Waals surface area (Å²) < 4.78 is 11.5. The highest BCUT2D eigenvalue weighted by Gasteiger charge is 2.14. The first kappa shape index (κ1) is 15.3. The number of benzene rings is 1. The van der Waals surface area contributed by atoms with Gasteiger partial charge in [-0.15, -0.1) is 0 Å². The van der Waals surface area contributed by atoms with Crippen LogP contribution in [0.5, 0.6) is 5.75 Å². The minimum absolute atomic E-state index is 0.254. The van der Waals surface area contributed by atoms with Crippen molar-refractivity contribution in [1.82, 2.24) is 4.98 Å². The van der Waals surface area contributed by atoms with Crippen LogP contribution in [-0.2, 0) is 11.3 Å². The lowest BCUT2D eigenvalue weighted by molar-refractivity contribution is 0.0521. The van der Waals surface area contributed by atoms with E-state index in [0.717, 1.165) is 10.2 Å². The third-order valence-electron chi connectivity index (χ3n) is 2.66. The summed E-state index contributed by atoms with van der Waals surface area (Å²) in [4.78, 5) is 16.1. The molecule has 2 aromatic rings. The molecule has 2 N–H and O–H groups in total. The van der Waals surface area contributed by atoms with Crippen molar-refractivity contribution >= 4 is 27.6 Å². The van der Waals surface area contributed by atoms with Crippen LogP contribution in [0.4, 0.5) is 5.69 Å². The first-order valence-electron chi connectivity index (χ1n) is 6.40. The second-order valence-electron chi connectivity index (χ2n) is 4.23. The number of carbonyl (C=O) groups excluding carboxylic acids is 1. The summed E-state index contributed by atoms with van der Waals surface area (Å²) in [6.07, 6.45) is 1.69. The first-order valence-corrected chi connectivity index (χ1v) is 7.19. The van der Waals surface area contributed by atoms with Crippen LogP contribution >= 0.6 is 15.9 Å². The van der Waals surface area contributed by atoms with Gasteiger partial charge < -0.3 is 15.2 Å². The molecule has 0 radical (unpaired) electrons. The lowest BCUT2D eigenvalue weighted by atomic mass is 10.2. The first-order chi connectivity index (χ1) is 10.1. The average molecular weight is 351 g/mol. The molecule has 0 amide bonds. The number of nitrogen functional groups attached to an aromatic ring is 1. The lowest BCUT2D eigenvalue weighted by Crippen LogP contribution is -2.09. The van der Waals surface area contributed by atoms with Gasteiger partial charge in [0.1, 0.15) is 17.9 Å². The topological polar surface area (TPSA) is 74.4 Å². The molecule has 0 aliphatic rings. The molecule has 0 saturated carbocycles. The minimum Gasteiger partial charge on any atom is -0.486 e. The third kappa shape index (κ3) is 4.19. The molecule has 0 fully saturated rings. The zero-order valence-corrected chi connectivity index (χ0v) is 13.1. The summed E-state index contributed by atoms with van der Waals surface area (Å²) in [5, 5.41) is 0. The van der Waals surface area contributed by atoms with E-state index in [-0.39, 0.29) is 6.61 Å². The summed E-state index contributed by atoms with van der Waals surface area (Å²) in [5.74, 6) is -0.0315. The summed E-state index contributed by atoms with van der Waals surface area (Å²) >= 11 is 3.32. The molecule has 1 aromatic carbocycles. The molecular weight excluding hydrogens is 336 g/mol. The van der Waals surface area contributed by atoms with E-state index in [9.17, 15) is 4.79 Å². The second kappa shape index (κ2) is 7.08. The zero-order valence-electron chi connectivity index (χ0n) is 11.5. The van der Waals surface area contributed by atoms with E-state index in [1.165, 1.54) is 0 Å². The fraction of sp³-hybridized carbons (Fsp3) is 0.200. The van der Waals surface area contributed by atoms with Crippen LogP contribution in [0.25, 0.3) is 0 Å². The van der Waals surface area contributed by atoms with Crippen molar-refractivity contribution in [3.8, 4) is 5.75 Å². The standard InChI is InChI=1S/C15H15BrN2O3/c1-2-20-15(19)13-7-11(17)4-6-14(13)21-9-12-5-3-10(16)8-18-12/h3-8H,2,9,17H2,1H3. The summed E-state index contributed by atoms with van der Waals surface area (Å²) in [6.45, 7) is 2.29. The molecule has 1 aromatic heterocycles. The van der Waals surface area contributed by atoms with Gasteiger partial charge in [-0.2, -0.15) is 0 Å². The van der Waals surface area contributed by atoms with Gasteiger partial charge >= 0.3 is 5.97 Å². The number of nitrogens with zero attached hydrogens (tertiary/aromatic N) is 1. The van der Waals surface area contributed by atoms with Gasteiger partial charge in [-0.1, -0.05) is 0 Å². The Hall–Kier alpha value is -2.08. The molecule has 0 aliphatic carbocycles. The number of ether oxygens (including phenoxy) is 2. The molecule has 0 saturated heterocycles. The molecule has 0 spiro atoms. The predicted molar refractivity (Wildman–Crippen MR) is 83.1 cm³/mol. The van der Waals surface area contributed by atoms with Gasteiger partial charge in [0, 0.05) is 16.4 Å². The molecule has 0 aliphatic heterocycles. The quantitative estimate of drug-likeness (QED) is 0.662. The second-order valence-corrected chi connectivity index (χ2v) is 5.15. The van der Waals surface area contributed by atoms with Gasteiger partial charge in [0.2, 0.25) is 0 Å². The number of pyridine rings is 1. The van der Waals surface area contributed by atoms with E-state index >= 15 is 0 Å². The van der Waals surface area contributed by atoms with Gasteiger partial charge in [0.15, 0.2) is 0 Å². The number of nitrogens with two attached hydrogens (primary N) is 1. The van der Waals surface area contributed by atoms with Crippen molar-refractivity contribution in [1.29, 1.82) is 0 Å². The SMILES string of the molecule is CCOC(=O)c1cc(N)ccc1OCc1ccc(Br)cn1. The van der Waals surface area contributed by atoms with Gasteiger partial charge in [-0.3, -0.25) is 4.98 Å². The number of hydrogen-bond acceptors (Lipinski definition) is 5. The van der Waals surface area contributed by atoms with Crippen molar-refractivity contribution in [2.75, 3.05) is 12.3 Å². The monoisotopic (exact) mass is 350 g/mol. The molecule has 1 heterocycles. The summed E-state index contributed by atoms with van der Waals surface area (Å²) in [6, 6.07) is 8.59. The third-order valence-corrected chi connectivity index (χ3v) is 3.13. The van der Waals surface area contributed by atoms with Crippen LogP contribution in [0.1, 0.15) is 23.0 Å². The van der Waals surface area contributed by atoms with Crippen molar-refractivity contribution in [2.24, 2.45) is 0 Å². The average Bonchev–Trinajstić information content (AvgIpc) is 2.48. The van der Waals surface area contributed by atoms with Gasteiger partial charge in [0.25, 0.3) is 0 Å². The fourth-order valence-corrected chi connectivity index (χ4v) is 1.92.